The molecule has 1 nitrogen and oxygen atoms in total. The van der Waals surface area contributed by atoms with Gasteiger partial charge in [0.15, 0.2) is 0 Å². The third-order valence-corrected chi connectivity index (χ3v) is 1.74. The van der Waals surface area contributed by atoms with E-state index in [4.69, 9.17) is 11.6 Å². The monoisotopic (exact) mass is 249 g/mol. The van der Waals surface area contributed by atoms with E-state index in [0.29, 0.717) is 0 Å². The van der Waals surface area contributed by atoms with E-state index in [9.17, 15) is 26.3 Å². The second-order valence-corrected chi connectivity index (χ2v) is 2.90. The molecule has 8 heteroatoms. The lowest BCUT2D eigenvalue weighted by molar-refractivity contribution is -0.140. The molecule has 0 amide bonds. The fraction of sp³-hybridized carbons (Fsp3) is 0.286. The Kier molecular flexibility index (Phi) is 3.13. The second-order valence-electron chi connectivity index (χ2n) is 2.49. The van der Waals surface area contributed by atoms with Gasteiger partial charge in [0.25, 0.3) is 6.43 Å². The van der Waals surface area contributed by atoms with Gasteiger partial charge in [-0.1, -0.05) is 11.6 Å². The predicted octanol–water partition coefficient (Wildman–Crippen LogP) is 3.83. The number of rotatable bonds is 1. The van der Waals surface area contributed by atoms with Crippen molar-refractivity contribution in [3.63, 3.8) is 0 Å². The number of aromatic nitrogens is 1. The van der Waals surface area contributed by atoms with Crippen molar-refractivity contribution in [2.24, 2.45) is 0 Å². The van der Waals surface area contributed by atoms with Crippen LogP contribution in [0.15, 0.2) is 6.07 Å². The molecule has 0 fully saturated rings. The fourth-order valence-electron chi connectivity index (χ4n) is 0.873. The number of alkyl halides is 5. The molecule has 0 spiro atoms. The molecule has 15 heavy (non-hydrogen) atoms. The lowest BCUT2D eigenvalue weighted by Gasteiger charge is -2.11. The summed E-state index contributed by atoms with van der Waals surface area (Å²) < 4.78 is 73.3. The van der Waals surface area contributed by atoms with E-state index in [0.717, 1.165) is 0 Å². The highest BCUT2D eigenvalue weighted by Crippen LogP contribution is 2.37. The van der Waals surface area contributed by atoms with Crippen LogP contribution in [0.25, 0.3) is 0 Å². The van der Waals surface area contributed by atoms with Crippen LogP contribution in [0.5, 0.6) is 0 Å². The smallest absolute Gasteiger partial charge is 0.217 e. The molecule has 0 aliphatic rings. The zero-order valence-corrected chi connectivity index (χ0v) is 7.50. The standard InChI is InChI=1S/C7H2ClF6N/c8-3-1-2(7(12,13)14)4(5(9)10)15-6(3)11/h1,5H. The Morgan fingerprint density at radius 2 is 1.80 bits per heavy atom. The first kappa shape index (κ1) is 12.1. The van der Waals surface area contributed by atoms with Crippen LogP contribution in [0.3, 0.4) is 0 Å². The van der Waals surface area contributed by atoms with E-state index < -0.39 is 34.8 Å². The summed E-state index contributed by atoms with van der Waals surface area (Å²) in [6.07, 6.45) is -8.57. The van der Waals surface area contributed by atoms with E-state index in [1.54, 1.807) is 0 Å². The van der Waals surface area contributed by atoms with Gasteiger partial charge in [-0.3, -0.25) is 0 Å². The van der Waals surface area contributed by atoms with Crippen molar-refractivity contribution in [3.8, 4) is 0 Å². The van der Waals surface area contributed by atoms with E-state index in [1.165, 1.54) is 0 Å². The second kappa shape index (κ2) is 3.88. The number of hydrogen-bond donors (Lipinski definition) is 0. The van der Waals surface area contributed by atoms with Crippen LogP contribution >= 0.6 is 11.6 Å². The first-order chi connectivity index (χ1) is 6.73. The molecule has 0 bridgehead atoms. The largest absolute Gasteiger partial charge is 0.418 e. The lowest BCUT2D eigenvalue weighted by atomic mass is 10.2. The Balaban J connectivity index is 3.42. The molecule has 1 aromatic heterocycles. The van der Waals surface area contributed by atoms with E-state index in [-0.39, 0.29) is 6.07 Å². The highest BCUT2D eigenvalue weighted by Gasteiger charge is 2.37. The summed E-state index contributed by atoms with van der Waals surface area (Å²) in [5, 5.41) is -0.952. The molecular formula is C7H2ClF6N. The minimum atomic E-state index is -5.05. The third-order valence-electron chi connectivity index (χ3n) is 1.47. The quantitative estimate of drug-likeness (QED) is 0.544. The summed E-state index contributed by atoms with van der Waals surface area (Å²) in [6, 6.07) is 0.0887. The van der Waals surface area contributed by atoms with Crippen molar-refractivity contribution >= 4 is 11.6 Å². The molecule has 0 saturated heterocycles. The van der Waals surface area contributed by atoms with Crippen molar-refractivity contribution in [3.05, 3.63) is 28.3 Å². The van der Waals surface area contributed by atoms with Crippen LogP contribution in [0.1, 0.15) is 17.7 Å². The summed E-state index contributed by atoms with van der Waals surface area (Å²) >= 11 is 5.01. The average molecular weight is 250 g/mol. The Hall–Kier alpha value is -0.980. The molecular weight excluding hydrogens is 248 g/mol. The first-order valence-corrected chi connectivity index (χ1v) is 3.82. The summed E-state index contributed by atoms with van der Waals surface area (Å²) in [4.78, 5) is 2.47. The van der Waals surface area contributed by atoms with Gasteiger partial charge in [0.1, 0.15) is 5.69 Å². The van der Waals surface area contributed by atoms with Crippen LogP contribution in [-0.4, -0.2) is 4.98 Å². The van der Waals surface area contributed by atoms with Gasteiger partial charge in [-0.05, 0) is 6.07 Å². The average Bonchev–Trinajstić information content (AvgIpc) is 2.06. The van der Waals surface area contributed by atoms with Crippen LogP contribution < -0.4 is 0 Å². The number of pyridine rings is 1. The Morgan fingerprint density at radius 3 is 2.20 bits per heavy atom. The Morgan fingerprint density at radius 1 is 1.27 bits per heavy atom. The normalized spacial score (nSPS) is 12.3. The molecule has 1 rings (SSSR count). The van der Waals surface area contributed by atoms with Crippen molar-refractivity contribution in [1.29, 1.82) is 0 Å². The molecule has 0 aromatic carbocycles. The van der Waals surface area contributed by atoms with Crippen LogP contribution in [-0.2, 0) is 6.18 Å². The zero-order valence-electron chi connectivity index (χ0n) is 6.75. The lowest BCUT2D eigenvalue weighted by Crippen LogP contribution is -2.12. The molecule has 1 heterocycles. The van der Waals surface area contributed by atoms with E-state index in [2.05, 4.69) is 4.98 Å². The third kappa shape index (κ3) is 2.53. The fourth-order valence-corrected chi connectivity index (χ4v) is 1.02. The minimum absolute atomic E-state index is 0.0887. The first-order valence-electron chi connectivity index (χ1n) is 3.44. The van der Waals surface area contributed by atoms with E-state index >= 15 is 0 Å². The van der Waals surface area contributed by atoms with Crippen LogP contribution in [0, 0.1) is 5.95 Å². The number of halogens is 7. The highest BCUT2D eigenvalue weighted by atomic mass is 35.5. The number of nitrogens with zero attached hydrogens (tertiary/aromatic N) is 1. The molecule has 1 aromatic rings. The van der Waals surface area contributed by atoms with Gasteiger partial charge in [0.05, 0.1) is 10.6 Å². The van der Waals surface area contributed by atoms with Crippen molar-refractivity contribution in [1.82, 2.24) is 4.98 Å². The SMILES string of the molecule is Fc1nc(C(F)F)c(C(F)(F)F)cc1Cl. The molecule has 0 radical (unpaired) electrons. The summed E-state index contributed by atoms with van der Waals surface area (Å²) in [7, 11) is 0. The summed E-state index contributed by atoms with van der Waals surface area (Å²) in [5.41, 5.74) is -3.40. The van der Waals surface area contributed by atoms with Gasteiger partial charge in [-0.15, -0.1) is 0 Å². The molecule has 0 saturated carbocycles. The number of hydrogen-bond acceptors (Lipinski definition) is 1. The molecule has 0 aliphatic heterocycles. The Bertz CT molecular complexity index is 374. The van der Waals surface area contributed by atoms with Crippen molar-refractivity contribution in [2.75, 3.05) is 0 Å². The van der Waals surface area contributed by atoms with Gasteiger partial charge < -0.3 is 0 Å². The van der Waals surface area contributed by atoms with Crippen molar-refractivity contribution < 1.29 is 26.3 Å². The van der Waals surface area contributed by atoms with Gasteiger partial charge in [-0.25, -0.2) is 13.8 Å². The van der Waals surface area contributed by atoms with Gasteiger partial charge in [0.2, 0.25) is 5.95 Å². The summed E-state index contributed by atoms with van der Waals surface area (Å²) in [5.74, 6) is -1.56. The minimum Gasteiger partial charge on any atom is -0.217 e. The van der Waals surface area contributed by atoms with E-state index in [1.807, 2.05) is 0 Å². The van der Waals surface area contributed by atoms with Crippen LogP contribution in [0.4, 0.5) is 26.3 Å². The maximum Gasteiger partial charge on any atom is 0.418 e. The molecule has 0 unspecified atom stereocenters. The molecule has 0 atom stereocenters. The predicted molar refractivity (Wildman–Crippen MR) is 39.2 cm³/mol. The molecule has 0 N–H and O–H groups in total. The van der Waals surface area contributed by atoms with Crippen molar-refractivity contribution in [2.45, 2.75) is 12.6 Å². The zero-order chi connectivity index (χ0) is 11.8. The maximum absolute atomic E-state index is 12.6. The van der Waals surface area contributed by atoms with Crippen LogP contribution in [0.2, 0.25) is 5.02 Å². The highest BCUT2D eigenvalue weighted by molar-refractivity contribution is 6.30. The topological polar surface area (TPSA) is 12.9 Å². The molecule has 0 aliphatic carbocycles. The summed E-state index contributed by atoms with van der Waals surface area (Å²) in [6.45, 7) is 0. The maximum atomic E-state index is 12.6. The molecule has 84 valence electrons. The van der Waals surface area contributed by atoms with Gasteiger partial charge in [-0.2, -0.15) is 17.6 Å². The Labute approximate surface area is 84.7 Å². The van der Waals surface area contributed by atoms with Gasteiger partial charge in [0, 0.05) is 0 Å². The van der Waals surface area contributed by atoms with Gasteiger partial charge >= 0.3 is 6.18 Å².